The fourth-order valence-electron chi connectivity index (χ4n) is 4.66. The summed E-state index contributed by atoms with van der Waals surface area (Å²) in [5.41, 5.74) is 9.74. The molecule has 0 aliphatic heterocycles. The van der Waals surface area contributed by atoms with E-state index in [0.717, 1.165) is 49.1 Å². The minimum Gasteiger partial charge on any atom is -0.348 e. The molecule has 2 aromatic carbocycles. The lowest BCUT2D eigenvalue weighted by Gasteiger charge is -2.29. The Labute approximate surface area is 217 Å². The summed E-state index contributed by atoms with van der Waals surface area (Å²) in [4.78, 5) is 29.1. The molecule has 1 aliphatic carbocycles. The first-order valence-electron chi connectivity index (χ1n) is 12.7. The van der Waals surface area contributed by atoms with Crippen LogP contribution < -0.4 is 16.4 Å². The van der Waals surface area contributed by atoms with Crippen molar-refractivity contribution in [2.45, 2.75) is 57.2 Å². The number of hydrogen-bond acceptors (Lipinski definition) is 5. The lowest BCUT2D eigenvalue weighted by molar-refractivity contribution is -0.115. The highest BCUT2D eigenvalue weighted by Gasteiger charge is 2.24. The fourth-order valence-corrected chi connectivity index (χ4v) is 5.37. The highest BCUT2D eigenvalue weighted by molar-refractivity contribution is 7.10. The number of likely N-dealkylation sites (N-methyl/N-ethyl adjacent to an activating group) is 1. The number of nitrogens with two attached hydrogens (primary N) is 1. The number of amides is 2. The summed E-state index contributed by atoms with van der Waals surface area (Å²) in [7, 11) is 2.07. The van der Waals surface area contributed by atoms with E-state index < -0.39 is 0 Å². The van der Waals surface area contributed by atoms with Gasteiger partial charge in [-0.1, -0.05) is 55.3 Å². The van der Waals surface area contributed by atoms with Crippen molar-refractivity contribution in [1.82, 2.24) is 10.2 Å². The number of benzene rings is 2. The molecule has 0 spiro atoms. The number of carbonyl (C=O) groups excluding carboxylic acids is 2. The largest absolute Gasteiger partial charge is 0.348 e. The Bertz CT molecular complexity index is 1130. The quantitative estimate of drug-likeness (QED) is 0.376. The van der Waals surface area contributed by atoms with Gasteiger partial charge < -0.3 is 21.3 Å². The molecule has 0 saturated heterocycles. The molecule has 4 rings (SSSR count). The zero-order valence-corrected chi connectivity index (χ0v) is 21.7. The number of rotatable bonds is 10. The summed E-state index contributed by atoms with van der Waals surface area (Å²) in [5, 5.41) is 8.16. The highest BCUT2D eigenvalue weighted by Crippen LogP contribution is 2.22. The first-order chi connectivity index (χ1) is 17.5. The lowest BCUT2D eigenvalue weighted by Crippen LogP contribution is -2.49. The molecule has 1 heterocycles. The molecule has 3 aromatic rings. The number of carbonyl (C=O) groups is 2. The van der Waals surface area contributed by atoms with Gasteiger partial charge in [0.05, 0.1) is 6.42 Å². The van der Waals surface area contributed by atoms with E-state index in [0.29, 0.717) is 24.2 Å². The molecule has 1 saturated carbocycles. The lowest BCUT2D eigenvalue weighted by atomic mass is 9.91. The Kier molecular flexibility index (Phi) is 9.28. The molecule has 190 valence electrons. The van der Waals surface area contributed by atoms with Crippen LogP contribution in [0.15, 0.2) is 66.0 Å². The van der Waals surface area contributed by atoms with E-state index in [1.165, 1.54) is 5.56 Å². The van der Waals surface area contributed by atoms with Gasteiger partial charge in [0.1, 0.15) is 0 Å². The minimum absolute atomic E-state index is 0.00749. The number of anilines is 1. The molecular formula is C29H36N4O2S. The van der Waals surface area contributed by atoms with Crippen LogP contribution in [-0.2, 0) is 24.2 Å². The summed E-state index contributed by atoms with van der Waals surface area (Å²) in [5.74, 6) is -0.229. The maximum Gasteiger partial charge on any atom is 0.251 e. The van der Waals surface area contributed by atoms with Crippen molar-refractivity contribution in [1.29, 1.82) is 0 Å². The molecular weight excluding hydrogens is 468 g/mol. The van der Waals surface area contributed by atoms with Gasteiger partial charge in [-0.15, -0.1) is 11.3 Å². The van der Waals surface area contributed by atoms with Crippen molar-refractivity contribution >= 4 is 28.8 Å². The maximum absolute atomic E-state index is 13.1. The molecule has 6 nitrogen and oxygen atoms in total. The zero-order valence-electron chi connectivity index (χ0n) is 20.9. The predicted octanol–water partition coefficient (Wildman–Crippen LogP) is 4.60. The SMILES string of the molecule is CN(CCc1ccccc1)Cc1ccc(C(=O)NC2CCCCC2N)cc1NC(=O)Cc1cccs1. The van der Waals surface area contributed by atoms with Gasteiger partial charge in [0.15, 0.2) is 0 Å². The molecule has 36 heavy (non-hydrogen) atoms. The van der Waals surface area contributed by atoms with E-state index in [1.54, 1.807) is 17.4 Å². The van der Waals surface area contributed by atoms with Crippen molar-refractivity contribution in [2.75, 3.05) is 18.9 Å². The molecule has 2 amide bonds. The number of hydrogen-bond donors (Lipinski definition) is 3. The molecule has 4 N–H and O–H groups in total. The summed E-state index contributed by atoms with van der Waals surface area (Å²) >= 11 is 1.56. The summed E-state index contributed by atoms with van der Waals surface area (Å²) in [6.45, 7) is 1.55. The van der Waals surface area contributed by atoms with E-state index in [9.17, 15) is 9.59 Å². The minimum atomic E-state index is -0.143. The van der Waals surface area contributed by atoms with Gasteiger partial charge >= 0.3 is 0 Å². The Morgan fingerprint density at radius 1 is 1.06 bits per heavy atom. The number of nitrogens with one attached hydrogen (secondary N) is 2. The average Bonchev–Trinajstić information content (AvgIpc) is 3.38. The van der Waals surface area contributed by atoms with Crippen LogP contribution in [0.5, 0.6) is 0 Å². The van der Waals surface area contributed by atoms with E-state index >= 15 is 0 Å². The fraction of sp³-hybridized carbons (Fsp3) is 0.379. The first kappa shape index (κ1) is 26.1. The molecule has 0 radical (unpaired) electrons. The van der Waals surface area contributed by atoms with Crippen molar-refractivity contribution < 1.29 is 9.59 Å². The van der Waals surface area contributed by atoms with E-state index in [4.69, 9.17) is 5.73 Å². The second-order valence-corrected chi connectivity index (χ2v) is 10.7. The Balaban J connectivity index is 1.47. The maximum atomic E-state index is 13.1. The number of thiophene rings is 1. The van der Waals surface area contributed by atoms with Crippen molar-refractivity contribution in [3.63, 3.8) is 0 Å². The van der Waals surface area contributed by atoms with E-state index in [-0.39, 0.29) is 23.9 Å². The van der Waals surface area contributed by atoms with Gasteiger partial charge in [-0.2, -0.15) is 0 Å². The Hall–Kier alpha value is -3.00. The number of nitrogens with zero attached hydrogens (tertiary/aromatic N) is 1. The van der Waals surface area contributed by atoms with Gasteiger partial charge in [-0.25, -0.2) is 0 Å². The molecule has 0 bridgehead atoms. The highest BCUT2D eigenvalue weighted by atomic mass is 32.1. The smallest absolute Gasteiger partial charge is 0.251 e. The van der Waals surface area contributed by atoms with Gasteiger partial charge in [-0.3, -0.25) is 9.59 Å². The van der Waals surface area contributed by atoms with Crippen LogP contribution in [0.2, 0.25) is 0 Å². The third-order valence-corrected chi connectivity index (χ3v) is 7.64. The summed E-state index contributed by atoms with van der Waals surface area (Å²) < 4.78 is 0. The molecule has 2 unspecified atom stereocenters. The zero-order chi connectivity index (χ0) is 25.3. The van der Waals surface area contributed by atoms with Crippen LogP contribution >= 0.6 is 11.3 Å². The molecule has 1 aromatic heterocycles. The van der Waals surface area contributed by atoms with E-state index in [2.05, 4.69) is 46.8 Å². The Morgan fingerprint density at radius 3 is 2.61 bits per heavy atom. The second-order valence-electron chi connectivity index (χ2n) is 9.68. The monoisotopic (exact) mass is 504 g/mol. The van der Waals surface area contributed by atoms with E-state index in [1.807, 2.05) is 35.7 Å². The molecule has 2 atom stereocenters. The van der Waals surface area contributed by atoms with Crippen LogP contribution in [0, 0.1) is 0 Å². The average molecular weight is 505 g/mol. The Morgan fingerprint density at radius 2 is 1.86 bits per heavy atom. The normalized spacial score (nSPS) is 17.6. The molecule has 7 heteroatoms. The molecule has 1 fully saturated rings. The topological polar surface area (TPSA) is 87.5 Å². The van der Waals surface area contributed by atoms with Crippen LogP contribution in [0.4, 0.5) is 5.69 Å². The van der Waals surface area contributed by atoms with Crippen LogP contribution in [0.1, 0.15) is 52.0 Å². The van der Waals surface area contributed by atoms with Crippen molar-refractivity contribution in [3.05, 3.63) is 87.6 Å². The molecule has 1 aliphatic rings. The van der Waals surface area contributed by atoms with Gasteiger partial charge in [0, 0.05) is 41.3 Å². The predicted molar refractivity (Wildman–Crippen MR) is 147 cm³/mol. The van der Waals surface area contributed by atoms with Crippen LogP contribution in [-0.4, -0.2) is 42.4 Å². The van der Waals surface area contributed by atoms with Gasteiger partial charge in [0.2, 0.25) is 5.91 Å². The third-order valence-electron chi connectivity index (χ3n) is 6.76. The van der Waals surface area contributed by atoms with Crippen molar-refractivity contribution in [3.8, 4) is 0 Å². The van der Waals surface area contributed by atoms with Crippen molar-refractivity contribution in [2.24, 2.45) is 5.73 Å². The standard InChI is InChI=1S/C29H36N4O2S/c1-33(16-15-21-8-3-2-4-9-21)20-23-14-13-22(29(35)32-26-12-6-5-11-25(26)30)18-27(23)31-28(34)19-24-10-7-17-36-24/h2-4,7-10,13-14,17-18,25-26H,5-6,11-12,15-16,19-20,30H2,1H3,(H,31,34)(H,32,35). The van der Waals surface area contributed by atoms with Crippen LogP contribution in [0.3, 0.4) is 0 Å². The first-order valence-corrected chi connectivity index (χ1v) is 13.6. The van der Waals surface area contributed by atoms with Gasteiger partial charge in [0.25, 0.3) is 5.91 Å². The van der Waals surface area contributed by atoms with Crippen LogP contribution in [0.25, 0.3) is 0 Å². The third kappa shape index (κ3) is 7.50. The summed E-state index contributed by atoms with van der Waals surface area (Å²) in [6.07, 6.45) is 5.29. The second kappa shape index (κ2) is 12.8. The summed E-state index contributed by atoms with van der Waals surface area (Å²) in [6, 6.07) is 19.9. The van der Waals surface area contributed by atoms with Gasteiger partial charge in [-0.05, 0) is 61.0 Å².